The summed E-state index contributed by atoms with van der Waals surface area (Å²) in [6.45, 7) is 14.0. The Labute approximate surface area is 161 Å². The van der Waals surface area contributed by atoms with Crippen LogP contribution in [0.2, 0.25) is 0 Å². The van der Waals surface area contributed by atoms with Crippen molar-refractivity contribution in [1.29, 1.82) is 0 Å². The molecule has 140 valence electrons. The van der Waals surface area contributed by atoms with Gasteiger partial charge < -0.3 is 20.4 Å². The van der Waals surface area contributed by atoms with E-state index in [0.29, 0.717) is 11.2 Å². The Bertz CT molecular complexity index is 781. The lowest BCUT2D eigenvalue weighted by Gasteiger charge is -2.35. The molecule has 1 fully saturated rings. The van der Waals surface area contributed by atoms with E-state index in [2.05, 4.69) is 66.3 Å². The van der Waals surface area contributed by atoms with Crippen molar-refractivity contribution < 1.29 is 0 Å². The third kappa shape index (κ3) is 4.43. The first-order chi connectivity index (χ1) is 12.5. The maximum Gasteiger partial charge on any atom is 0.170 e. The molecule has 1 aliphatic rings. The third-order valence-electron chi connectivity index (χ3n) is 4.82. The number of rotatable bonds is 4. The lowest BCUT2D eigenvalue weighted by atomic mass is 10.1. The van der Waals surface area contributed by atoms with Gasteiger partial charge in [0.15, 0.2) is 5.11 Å². The summed E-state index contributed by atoms with van der Waals surface area (Å²) in [6, 6.07) is 8.77. The molecule has 0 radical (unpaired) electrons. The molecule has 0 amide bonds. The molecule has 3 rings (SSSR count). The Hall–Kier alpha value is -1.92. The zero-order valence-electron chi connectivity index (χ0n) is 16.2. The van der Waals surface area contributed by atoms with Gasteiger partial charge in [0.1, 0.15) is 5.82 Å². The first-order valence-electron chi connectivity index (χ1n) is 9.42. The van der Waals surface area contributed by atoms with E-state index in [1.165, 1.54) is 10.9 Å². The fraction of sp³-hybridized carbons (Fsp3) is 0.500. The van der Waals surface area contributed by atoms with Gasteiger partial charge in [0.05, 0.1) is 5.52 Å². The fourth-order valence-electron chi connectivity index (χ4n) is 3.34. The van der Waals surface area contributed by atoms with E-state index in [1.807, 2.05) is 6.07 Å². The van der Waals surface area contributed by atoms with Crippen LogP contribution >= 0.6 is 12.2 Å². The zero-order chi connectivity index (χ0) is 18.7. The summed E-state index contributed by atoms with van der Waals surface area (Å²) in [5, 5.41) is 8.28. The highest BCUT2D eigenvalue weighted by Crippen LogP contribution is 2.26. The Kier molecular flexibility index (Phi) is 5.94. The number of fused-ring (bicyclic) bond motifs is 1. The molecular formula is C20H29N5S. The van der Waals surface area contributed by atoms with Crippen LogP contribution in [-0.2, 0) is 0 Å². The molecule has 1 aromatic carbocycles. The first-order valence-corrected chi connectivity index (χ1v) is 9.83. The van der Waals surface area contributed by atoms with E-state index in [9.17, 15) is 0 Å². The second kappa shape index (κ2) is 8.18. The summed E-state index contributed by atoms with van der Waals surface area (Å²) < 4.78 is 0. The van der Waals surface area contributed by atoms with Crippen LogP contribution in [0.5, 0.6) is 0 Å². The Morgan fingerprint density at radius 2 is 1.92 bits per heavy atom. The molecule has 1 saturated heterocycles. The first kappa shape index (κ1) is 18.9. The number of hydrogen-bond donors (Lipinski definition) is 2. The van der Waals surface area contributed by atoms with Crippen LogP contribution in [0.25, 0.3) is 10.9 Å². The quantitative estimate of drug-likeness (QED) is 0.804. The highest BCUT2D eigenvalue weighted by molar-refractivity contribution is 7.80. The summed E-state index contributed by atoms with van der Waals surface area (Å²) in [6.07, 6.45) is 0. The van der Waals surface area contributed by atoms with Gasteiger partial charge in [0.25, 0.3) is 0 Å². The van der Waals surface area contributed by atoms with Crippen molar-refractivity contribution in [2.75, 3.05) is 42.9 Å². The van der Waals surface area contributed by atoms with Gasteiger partial charge in [0, 0.05) is 43.3 Å². The molecule has 5 nitrogen and oxygen atoms in total. The van der Waals surface area contributed by atoms with E-state index >= 15 is 0 Å². The number of likely N-dealkylation sites (N-methyl/N-ethyl adjacent to an activating group) is 1. The molecule has 0 bridgehead atoms. The second-order valence-corrected chi connectivity index (χ2v) is 7.61. The number of aromatic nitrogens is 1. The highest BCUT2D eigenvalue weighted by Gasteiger charge is 2.17. The predicted molar refractivity (Wildman–Crippen MR) is 115 cm³/mol. The molecule has 0 unspecified atom stereocenters. The second-order valence-electron chi connectivity index (χ2n) is 7.20. The van der Waals surface area contributed by atoms with Crippen LogP contribution < -0.4 is 15.5 Å². The van der Waals surface area contributed by atoms with Gasteiger partial charge in [-0.3, -0.25) is 0 Å². The third-order valence-corrected chi connectivity index (χ3v) is 5.04. The van der Waals surface area contributed by atoms with Crippen molar-refractivity contribution in [1.82, 2.24) is 15.2 Å². The van der Waals surface area contributed by atoms with E-state index in [0.717, 1.165) is 49.7 Å². The Balaban J connectivity index is 1.79. The van der Waals surface area contributed by atoms with Crippen LogP contribution in [-0.4, -0.2) is 53.8 Å². The minimum absolute atomic E-state index is 0.314. The summed E-state index contributed by atoms with van der Waals surface area (Å²) in [5.74, 6) is 1.09. The Morgan fingerprint density at radius 3 is 2.58 bits per heavy atom. The van der Waals surface area contributed by atoms with Gasteiger partial charge in [-0.2, -0.15) is 0 Å². The van der Waals surface area contributed by atoms with Gasteiger partial charge in [-0.15, -0.1) is 0 Å². The number of aryl methyl sites for hydroxylation is 1. The molecule has 2 heterocycles. The normalized spacial score (nSPS) is 15.5. The van der Waals surface area contributed by atoms with Crippen molar-refractivity contribution in [3.05, 3.63) is 29.8 Å². The zero-order valence-corrected chi connectivity index (χ0v) is 17.0. The number of nitrogens with zero attached hydrogens (tertiary/aromatic N) is 3. The van der Waals surface area contributed by atoms with Crippen LogP contribution in [0, 0.1) is 6.92 Å². The largest absolute Gasteiger partial charge is 0.360 e. The maximum absolute atomic E-state index is 5.34. The minimum atomic E-state index is 0.314. The maximum atomic E-state index is 5.34. The van der Waals surface area contributed by atoms with E-state index in [4.69, 9.17) is 17.2 Å². The van der Waals surface area contributed by atoms with Crippen molar-refractivity contribution in [2.45, 2.75) is 33.7 Å². The summed E-state index contributed by atoms with van der Waals surface area (Å²) in [7, 11) is 0. The molecule has 6 heteroatoms. The Morgan fingerprint density at radius 1 is 1.19 bits per heavy atom. The van der Waals surface area contributed by atoms with Crippen LogP contribution in [0.4, 0.5) is 11.5 Å². The fourth-order valence-corrected chi connectivity index (χ4v) is 3.69. The van der Waals surface area contributed by atoms with Crippen molar-refractivity contribution in [3.63, 3.8) is 0 Å². The average molecular weight is 372 g/mol. The molecule has 2 aromatic rings. The number of anilines is 2. The van der Waals surface area contributed by atoms with Crippen LogP contribution in [0.1, 0.15) is 26.3 Å². The molecule has 1 aliphatic heterocycles. The van der Waals surface area contributed by atoms with Gasteiger partial charge in [-0.25, -0.2) is 4.98 Å². The predicted octanol–water partition coefficient (Wildman–Crippen LogP) is 3.38. The number of pyridine rings is 1. The lowest BCUT2D eigenvalue weighted by molar-refractivity contribution is 0.270. The SMILES string of the molecule is CCN1CCN(c2cc(C)c3cc(NC(=S)NC(C)C)ccc3n2)CC1. The number of nitrogens with one attached hydrogen (secondary N) is 2. The standard InChI is InChI=1S/C20H29N5S/c1-5-24-8-10-25(11-9-24)19-12-15(4)17-13-16(6-7-18(17)23-19)22-20(26)21-14(2)3/h6-7,12-14H,5,8-11H2,1-4H3,(H2,21,22,26). The molecule has 0 atom stereocenters. The van der Waals surface area contributed by atoms with Gasteiger partial charge in [0.2, 0.25) is 0 Å². The molecule has 26 heavy (non-hydrogen) atoms. The van der Waals surface area contributed by atoms with E-state index in [-0.39, 0.29) is 0 Å². The van der Waals surface area contributed by atoms with Crippen LogP contribution in [0.15, 0.2) is 24.3 Å². The number of hydrogen-bond acceptors (Lipinski definition) is 4. The van der Waals surface area contributed by atoms with Crippen molar-refractivity contribution in [2.24, 2.45) is 0 Å². The molecule has 0 spiro atoms. The molecule has 0 saturated carbocycles. The van der Waals surface area contributed by atoms with Crippen LogP contribution in [0.3, 0.4) is 0 Å². The van der Waals surface area contributed by atoms with E-state index < -0.39 is 0 Å². The average Bonchev–Trinajstić information content (AvgIpc) is 2.61. The number of benzene rings is 1. The van der Waals surface area contributed by atoms with Crippen molar-refractivity contribution in [3.8, 4) is 0 Å². The summed E-state index contributed by atoms with van der Waals surface area (Å²) in [5.41, 5.74) is 3.27. The van der Waals surface area contributed by atoms with Gasteiger partial charge >= 0.3 is 0 Å². The minimum Gasteiger partial charge on any atom is -0.360 e. The molecule has 0 aliphatic carbocycles. The highest BCUT2D eigenvalue weighted by atomic mass is 32.1. The monoisotopic (exact) mass is 371 g/mol. The smallest absolute Gasteiger partial charge is 0.170 e. The van der Waals surface area contributed by atoms with Gasteiger partial charge in [-0.1, -0.05) is 6.92 Å². The lowest BCUT2D eigenvalue weighted by Crippen LogP contribution is -2.46. The molecule has 2 N–H and O–H groups in total. The molecule has 1 aromatic heterocycles. The van der Waals surface area contributed by atoms with Crippen molar-refractivity contribution >= 4 is 39.7 Å². The molecular weight excluding hydrogens is 342 g/mol. The number of thiocarbonyl (C=S) groups is 1. The summed E-state index contributed by atoms with van der Waals surface area (Å²) >= 11 is 5.34. The summed E-state index contributed by atoms with van der Waals surface area (Å²) in [4.78, 5) is 9.79. The topological polar surface area (TPSA) is 43.4 Å². The van der Waals surface area contributed by atoms with E-state index in [1.54, 1.807) is 0 Å². The van der Waals surface area contributed by atoms with Gasteiger partial charge in [-0.05, 0) is 69.4 Å². The number of piperazine rings is 1.